The van der Waals surface area contributed by atoms with E-state index >= 15 is 0 Å². The zero-order valence-electron chi connectivity index (χ0n) is 19.6. The minimum Gasteiger partial charge on any atom is -0.245 e. The molecule has 3 aromatic carbocycles. The van der Waals surface area contributed by atoms with Crippen molar-refractivity contribution in [3.05, 3.63) is 146 Å². The van der Waals surface area contributed by atoms with E-state index in [1.54, 1.807) is 42.5 Å². The van der Waals surface area contributed by atoms with Crippen LogP contribution in [0.3, 0.4) is 0 Å². The van der Waals surface area contributed by atoms with Gasteiger partial charge in [-0.1, -0.05) is 36.4 Å². The highest BCUT2D eigenvalue weighted by Crippen LogP contribution is 2.50. The van der Waals surface area contributed by atoms with Gasteiger partial charge in [0.15, 0.2) is 11.9 Å². The predicted octanol–water partition coefficient (Wildman–Crippen LogP) is 7.53. The van der Waals surface area contributed by atoms with Crippen LogP contribution in [0.2, 0.25) is 0 Å². The molecule has 0 radical (unpaired) electrons. The Morgan fingerprint density at radius 1 is 0.684 bits per heavy atom. The van der Waals surface area contributed by atoms with Gasteiger partial charge < -0.3 is 0 Å². The molecule has 6 nitrogen and oxygen atoms in total. The lowest BCUT2D eigenvalue weighted by atomic mass is 9.91. The van der Waals surface area contributed by atoms with E-state index in [0.29, 0.717) is 78.2 Å². The molecule has 2 aliphatic rings. The van der Waals surface area contributed by atoms with Crippen molar-refractivity contribution in [1.29, 1.82) is 15.8 Å². The van der Waals surface area contributed by atoms with Gasteiger partial charge in [-0.2, -0.15) is 15.8 Å². The Hall–Kier alpha value is -6.44. The monoisotopic (exact) mass is 480 g/mol. The molecule has 0 atom stereocenters. The number of rotatable bonds is 2. The summed E-state index contributed by atoms with van der Waals surface area (Å²) in [6, 6.07) is 23.9. The molecule has 170 valence electrons. The second-order valence-corrected chi connectivity index (χ2v) is 8.35. The summed E-state index contributed by atoms with van der Waals surface area (Å²) in [5.74, 6) is 0. The molecule has 0 fully saturated rings. The van der Waals surface area contributed by atoms with Crippen molar-refractivity contribution in [3.63, 3.8) is 0 Å². The Kier molecular flexibility index (Phi) is 5.71. The van der Waals surface area contributed by atoms with Crippen molar-refractivity contribution in [2.24, 2.45) is 0 Å². The van der Waals surface area contributed by atoms with E-state index in [4.69, 9.17) is 19.7 Å². The average Bonchev–Trinajstić information content (AvgIpc) is 3.44. The fourth-order valence-corrected chi connectivity index (χ4v) is 4.96. The van der Waals surface area contributed by atoms with Crippen LogP contribution in [0.25, 0.3) is 48.1 Å². The summed E-state index contributed by atoms with van der Waals surface area (Å²) in [6.45, 7) is 22.7. The highest BCUT2D eigenvalue weighted by atomic mass is 14.7. The fourth-order valence-electron chi connectivity index (χ4n) is 4.96. The topological polar surface area (TPSA) is 84.5 Å². The molecule has 0 bridgehead atoms. The summed E-state index contributed by atoms with van der Waals surface area (Å²) in [5, 5.41) is 29.0. The molecule has 0 saturated heterocycles. The molecule has 2 aliphatic carbocycles. The van der Waals surface area contributed by atoms with Gasteiger partial charge in [0.2, 0.25) is 5.70 Å². The van der Waals surface area contributed by atoms with E-state index < -0.39 is 0 Å². The second-order valence-electron chi connectivity index (χ2n) is 8.35. The van der Waals surface area contributed by atoms with Crippen molar-refractivity contribution in [2.75, 3.05) is 0 Å². The van der Waals surface area contributed by atoms with E-state index in [-0.39, 0.29) is 0 Å². The maximum Gasteiger partial charge on any atom is 0.203 e. The summed E-state index contributed by atoms with van der Waals surface area (Å²) < 4.78 is 0. The third-order valence-electron chi connectivity index (χ3n) is 6.48. The van der Waals surface area contributed by atoms with Gasteiger partial charge in [-0.15, -0.1) is 0 Å². The average molecular weight is 480 g/mol. The van der Waals surface area contributed by atoms with Gasteiger partial charge in [0.1, 0.15) is 6.07 Å². The van der Waals surface area contributed by atoms with Crippen LogP contribution >= 0.6 is 0 Å². The standard InChI is InChI=1S/C32H12N6/c1-36-18-29-24-10-8-22(37-2)15-26(24)28(17-35)30(29)20-5-4-6-21(14-20)31-25(11-12-33)23-9-7-19(16-34)13-27(23)32(31)38-3/h4-11,13-15,18H/b25-11+,29-18?. The van der Waals surface area contributed by atoms with Gasteiger partial charge >= 0.3 is 0 Å². The first kappa shape index (κ1) is 23.3. The lowest BCUT2D eigenvalue weighted by Crippen LogP contribution is -1.91. The van der Waals surface area contributed by atoms with E-state index in [9.17, 15) is 15.8 Å². The molecule has 0 N–H and O–H groups in total. The van der Waals surface area contributed by atoms with Gasteiger partial charge in [-0.3, -0.25) is 0 Å². The van der Waals surface area contributed by atoms with E-state index in [1.807, 2.05) is 18.2 Å². The maximum atomic E-state index is 10.1. The molecule has 0 heterocycles. The Morgan fingerprint density at radius 3 is 2.08 bits per heavy atom. The van der Waals surface area contributed by atoms with Crippen molar-refractivity contribution in [3.8, 4) is 18.2 Å². The maximum absolute atomic E-state index is 10.1. The molecule has 6 heteroatoms. The molecular weight excluding hydrogens is 468 g/mol. The Labute approximate surface area is 219 Å². The lowest BCUT2D eigenvalue weighted by molar-refractivity contribution is 1.47. The van der Waals surface area contributed by atoms with Gasteiger partial charge in [-0.25, -0.2) is 14.5 Å². The van der Waals surface area contributed by atoms with E-state index in [2.05, 4.69) is 32.7 Å². The Balaban J connectivity index is 1.76. The summed E-state index contributed by atoms with van der Waals surface area (Å²) in [5.41, 5.74) is 7.71. The summed E-state index contributed by atoms with van der Waals surface area (Å²) in [6.07, 6.45) is 2.77. The minimum absolute atomic E-state index is 0.332. The van der Waals surface area contributed by atoms with Crippen molar-refractivity contribution in [2.45, 2.75) is 0 Å². The highest BCUT2D eigenvalue weighted by molar-refractivity contribution is 6.26. The Morgan fingerprint density at radius 2 is 1.42 bits per heavy atom. The molecule has 0 aromatic heterocycles. The van der Waals surface area contributed by atoms with Gasteiger partial charge in [0.05, 0.1) is 43.0 Å². The highest BCUT2D eigenvalue weighted by Gasteiger charge is 2.30. The van der Waals surface area contributed by atoms with Crippen molar-refractivity contribution in [1.82, 2.24) is 0 Å². The van der Waals surface area contributed by atoms with Crippen LogP contribution in [0, 0.1) is 53.7 Å². The molecule has 0 unspecified atom stereocenters. The molecular formula is C32H12N6. The van der Waals surface area contributed by atoms with Gasteiger partial charge in [0, 0.05) is 6.08 Å². The third-order valence-corrected chi connectivity index (χ3v) is 6.48. The van der Waals surface area contributed by atoms with Crippen LogP contribution in [0.4, 0.5) is 5.69 Å². The quantitative estimate of drug-likeness (QED) is 0.281. The van der Waals surface area contributed by atoms with Gasteiger partial charge in [0.25, 0.3) is 0 Å². The zero-order valence-corrected chi connectivity index (χ0v) is 19.6. The second kappa shape index (κ2) is 9.31. The number of allylic oxidation sites excluding steroid dienone is 6. The smallest absolute Gasteiger partial charge is 0.203 e. The number of fused-ring (bicyclic) bond motifs is 2. The van der Waals surface area contributed by atoms with Crippen LogP contribution in [-0.4, -0.2) is 0 Å². The minimum atomic E-state index is 0.332. The van der Waals surface area contributed by atoms with E-state index in [1.165, 1.54) is 12.3 Å². The SMILES string of the molecule is [C-]#[N+]C=C1C(c2cccc(C3=C([N+]#[C-])c4cc(C#N)ccc4/C3=C\C#N)c2)=C(C#N)c2cc([N+]#[C-])ccc21. The fraction of sp³-hybridized carbons (Fsp3) is 0. The molecule has 0 aliphatic heterocycles. The molecule has 0 spiro atoms. The molecule has 0 saturated carbocycles. The first-order valence-electron chi connectivity index (χ1n) is 11.2. The van der Waals surface area contributed by atoms with Crippen molar-refractivity contribution < 1.29 is 0 Å². The van der Waals surface area contributed by atoms with Gasteiger partial charge in [-0.05, 0) is 79.9 Å². The molecule has 38 heavy (non-hydrogen) atoms. The number of hydrogen-bond acceptors (Lipinski definition) is 3. The predicted molar refractivity (Wildman–Crippen MR) is 144 cm³/mol. The van der Waals surface area contributed by atoms with Crippen molar-refractivity contribution >= 4 is 39.2 Å². The lowest BCUT2D eigenvalue weighted by Gasteiger charge is -2.12. The number of benzene rings is 3. The van der Waals surface area contributed by atoms with E-state index in [0.717, 1.165) is 0 Å². The first-order valence-corrected chi connectivity index (χ1v) is 11.2. The third kappa shape index (κ3) is 3.45. The summed E-state index contributed by atoms with van der Waals surface area (Å²) >= 11 is 0. The largest absolute Gasteiger partial charge is 0.245 e. The van der Waals surface area contributed by atoms with Crippen LogP contribution in [0.15, 0.2) is 72.9 Å². The molecule has 5 rings (SSSR count). The van der Waals surface area contributed by atoms with Crippen LogP contribution in [-0.2, 0) is 0 Å². The number of nitriles is 3. The number of nitrogens with zero attached hydrogens (tertiary/aromatic N) is 6. The first-order chi connectivity index (χ1) is 18.6. The Bertz CT molecular complexity index is 1830. The van der Waals surface area contributed by atoms with Crippen LogP contribution in [0.5, 0.6) is 0 Å². The normalized spacial score (nSPS) is 15.1. The van der Waals surface area contributed by atoms with Crippen LogP contribution in [0.1, 0.15) is 38.9 Å². The molecule has 3 aromatic rings. The zero-order chi connectivity index (χ0) is 26.8. The number of hydrogen-bond donors (Lipinski definition) is 0. The summed E-state index contributed by atoms with van der Waals surface area (Å²) in [7, 11) is 0. The summed E-state index contributed by atoms with van der Waals surface area (Å²) in [4.78, 5) is 10.7. The molecule has 0 amide bonds. The van der Waals surface area contributed by atoms with Crippen LogP contribution < -0.4 is 0 Å².